The van der Waals surface area contributed by atoms with Crippen molar-refractivity contribution in [1.29, 1.82) is 0 Å². The third-order valence-electron chi connectivity index (χ3n) is 4.52. The second-order valence-corrected chi connectivity index (χ2v) is 6.25. The van der Waals surface area contributed by atoms with Crippen LogP contribution in [0.25, 0.3) is 11.4 Å². The lowest BCUT2D eigenvalue weighted by Crippen LogP contribution is -2.28. The fraction of sp³-hybridized carbons (Fsp3) is 0.389. The number of unbranched alkanes of at least 4 members (excludes halogenated alkanes) is 2. The number of nitrogens with zero attached hydrogens (tertiary/aromatic N) is 5. The van der Waals surface area contributed by atoms with Gasteiger partial charge in [0.05, 0.1) is 12.2 Å². The number of aryl methyl sites for hydroxylation is 1. The summed E-state index contributed by atoms with van der Waals surface area (Å²) in [4.78, 5) is 10.6. The van der Waals surface area contributed by atoms with E-state index in [1.165, 1.54) is 12.8 Å². The van der Waals surface area contributed by atoms with Gasteiger partial charge in [-0.2, -0.15) is 0 Å². The Balaban J connectivity index is 1.73. The molecule has 0 aliphatic carbocycles. The van der Waals surface area contributed by atoms with E-state index in [-0.39, 0.29) is 0 Å². The maximum absolute atomic E-state index is 4.88. The lowest BCUT2D eigenvalue weighted by Gasteiger charge is -2.27. The first-order chi connectivity index (χ1) is 11.8. The standard InChI is InChI=1S/C18H22N6/c1-3-4-8-11-23-17-15(12-24-13(2)21-22-18(23)24)19-16(20-17)14-9-6-5-7-10-14/h5-7,9-10H,3-4,8,11-12H2,1-2H3,(H,19,20). The molecule has 0 bridgehead atoms. The molecule has 1 N–H and O–H groups in total. The largest absolute Gasteiger partial charge is 0.339 e. The van der Waals surface area contributed by atoms with Gasteiger partial charge < -0.3 is 4.98 Å². The predicted octanol–water partition coefficient (Wildman–Crippen LogP) is 3.67. The van der Waals surface area contributed by atoms with Crippen molar-refractivity contribution in [1.82, 2.24) is 24.7 Å². The zero-order valence-electron chi connectivity index (χ0n) is 14.2. The molecule has 0 radical (unpaired) electrons. The number of aromatic amines is 1. The van der Waals surface area contributed by atoms with Crippen molar-refractivity contribution in [2.24, 2.45) is 0 Å². The Bertz CT molecular complexity index is 833. The fourth-order valence-electron chi connectivity index (χ4n) is 3.20. The monoisotopic (exact) mass is 322 g/mol. The summed E-state index contributed by atoms with van der Waals surface area (Å²) in [6, 6.07) is 10.3. The number of hydrogen-bond acceptors (Lipinski definition) is 4. The summed E-state index contributed by atoms with van der Waals surface area (Å²) < 4.78 is 2.15. The van der Waals surface area contributed by atoms with Gasteiger partial charge in [0.2, 0.25) is 5.95 Å². The average molecular weight is 322 g/mol. The molecule has 6 nitrogen and oxygen atoms in total. The minimum atomic E-state index is 0.744. The molecule has 124 valence electrons. The van der Waals surface area contributed by atoms with Crippen LogP contribution in [0.2, 0.25) is 0 Å². The molecule has 0 saturated carbocycles. The van der Waals surface area contributed by atoms with Crippen LogP contribution in [-0.4, -0.2) is 31.3 Å². The highest BCUT2D eigenvalue weighted by molar-refractivity contribution is 5.66. The predicted molar refractivity (Wildman–Crippen MR) is 94.4 cm³/mol. The molecule has 1 aromatic carbocycles. The maximum Gasteiger partial charge on any atom is 0.233 e. The minimum Gasteiger partial charge on any atom is -0.339 e. The molecule has 0 saturated heterocycles. The van der Waals surface area contributed by atoms with Crippen molar-refractivity contribution >= 4 is 11.8 Å². The molecule has 0 spiro atoms. The van der Waals surface area contributed by atoms with Crippen LogP contribution < -0.4 is 4.90 Å². The van der Waals surface area contributed by atoms with Crippen LogP contribution in [0.4, 0.5) is 11.8 Å². The molecule has 0 atom stereocenters. The molecular weight excluding hydrogens is 300 g/mol. The van der Waals surface area contributed by atoms with Gasteiger partial charge in [-0.3, -0.25) is 9.47 Å². The fourth-order valence-corrected chi connectivity index (χ4v) is 3.20. The maximum atomic E-state index is 4.88. The minimum absolute atomic E-state index is 0.744. The Hall–Kier alpha value is -2.63. The van der Waals surface area contributed by atoms with E-state index < -0.39 is 0 Å². The van der Waals surface area contributed by atoms with Crippen LogP contribution in [0, 0.1) is 6.92 Å². The molecule has 6 heteroatoms. The molecule has 3 heterocycles. The molecule has 0 amide bonds. The molecule has 1 aliphatic heterocycles. The number of hydrogen-bond donors (Lipinski definition) is 1. The third-order valence-corrected chi connectivity index (χ3v) is 4.52. The highest BCUT2D eigenvalue weighted by Crippen LogP contribution is 2.34. The van der Waals surface area contributed by atoms with Crippen LogP contribution in [0.3, 0.4) is 0 Å². The van der Waals surface area contributed by atoms with E-state index in [2.05, 4.69) is 43.7 Å². The first-order valence-corrected chi connectivity index (χ1v) is 8.59. The Morgan fingerprint density at radius 1 is 1.12 bits per heavy atom. The van der Waals surface area contributed by atoms with Crippen LogP contribution in [0.5, 0.6) is 0 Å². The van der Waals surface area contributed by atoms with E-state index in [1.54, 1.807) is 0 Å². The summed E-state index contributed by atoms with van der Waals surface area (Å²) in [7, 11) is 0. The molecule has 3 aromatic rings. The van der Waals surface area contributed by atoms with Gasteiger partial charge in [-0.05, 0) is 13.3 Å². The number of imidazole rings is 1. The van der Waals surface area contributed by atoms with E-state index in [9.17, 15) is 0 Å². The van der Waals surface area contributed by atoms with Crippen molar-refractivity contribution < 1.29 is 0 Å². The van der Waals surface area contributed by atoms with Crippen LogP contribution >= 0.6 is 0 Å². The van der Waals surface area contributed by atoms with Gasteiger partial charge in [0.15, 0.2) is 5.82 Å². The molecule has 2 aromatic heterocycles. The number of benzene rings is 1. The Labute approximate surface area is 141 Å². The molecular formula is C18H22N6. The first-order valence-electron chi connectivity index (χ1n) is 8.59. The quantitative estimate of drug-likeness (QED) is 0.728. The Morgan fingerprint density at radius 3 is 2.75 bits per heavy atom. The first kappa shape index (κ1) is 14.9. The molecule has 24 heavy (non-hydrogen) atoms. The van der Waals surface area contributed by atoms with Crippen LogP contribution in [0.1, 0.15) is 37.7 Å². The SMILES string of the molecule is CCCCCN1c2nc(-c3ccccc3)[nH]c2Cn2c(C)nnc21. The summed E-state index contributed by atoms with van der Waals surface area (Å²) in [6.45, 7) is 5.88. The van der Waals surface area contributed by atoms with Crippen molar-refractivity contribution in [3.63, 3.8) is 0 Å². The summed E-state index contributed by atoms with van der Waals surface area (Å²) in [5.41, 5.74) is 2.23. The van der Waals surface area contributed by atoms with E-state index in [0.29, 0.717) is 0 Å². The summed E-state index contributed by atoms with van der Waals surface area (Å²) in [5, 5.41) is 8.63. The number of nitrogens with one attached hydrogen (secondary N) is 1. The normalized spacial score (nSPS) is 13.0. The van der Waals surface area contributed by atoms with Gasteiger partial charge in [-0.1, -0.05) is 50.1 Å². The number of rotatable bonds is 5. The number of anilines is 2. The highest BCUT2D eigenvalue weighted by atomic mass is 15.4. The van der Waals surface area contributed by atoms with Crippen LogP contribution in [-0.2, 0) is 6.54 Å². The Morgan fingerprint density at radius 2 is 1.96 bits per heavy atom. The van der Waals surface area contributed by atoms with E-state index >= 15 is 0 Å². The van der Waals surface area contributed by atoms with Crippen molar-refractivity contribution in [3.05, 3.63) is 41.9 Å². The van der Waals surface area contributed by atoms with Crippen LogP contribution in [0.15, 0.2) is 30.3 Å². The average Bonchev–Trinajstić information content (AvgIpc) is 3.20. The van der Waals surface area contributed by atoms with Gasteiger partial charge in [0.1, 0.15) is 11.6 Å². The number of aromatic nitrogens is 5. The lowest BCUT2D eigenvalue weighted by atomic mass is 10.2. The molecule has 4 rings (SSSR count). The van der Waals surface area contributed by atoms with Gasteiger partial charge >= 0.3 is 0 Å². The molecule has 0 unspecified atom stereocenters. The van der Waals surface area contributed by atoms with Crippen molar-refractivity contribution in [2.45, 2.75) is 39.7 Å². The topological polar surface area (TPSA) is 62.6 Å². The van der Waals surface area contributed by atoms with Crippen molar-refractivity contribution in [2.75, 3.05) is 11.4 Å². The number of fused-ring (bicyclic) bond motifs is 2. The molecule has 0 fully saturated rings. The zero-order valence-corrected chi connectivity index (χ0v) is 14.2. The van der Waals surface area contributed by atoms with E-state index in [1.807, 2.05) is 25.1 Å². The smallest absolute Gasteiger partial charge is 0.233 e. The van der Waals surface area contributed by atoms with E-state index in [4.69, 9.17) is 4.98 Å². The zero-order chi connectivity index (χ0) is 16.5. The Kier molecular flexibility index (Phi) is 3.80. The summed E-state index contributed by atoms with van der Waals surface area (Å²) in [5.74, 6) is 3.75. The second-order valence-electron chi connectivity index (χ2n) is 6.25. The number of H-pyrrole nitrogens is 1. The van der Waals surface area contributed by atoms with Crippen molar-refractivity contribution in [3.8, 4) is 11.4 Å². The third kappa shape index (κ3) is 2.48. The summed E-state index contributed by atoms with van der Waals surface area (Å²) in [6.07, 6.45) is 3.52. The second kappa shape index (κ2) is 6.11. The highest BCUT2D eigenvalue weighted by Gasteiger charge is 2.29. The lowest BCUT2D eigenvalue weighted by molar-refractivity contribution is 0.659. The van der Waals surface area contributed by atoms with E-state index in [0.717, 1.165) is 54.2 Å². The van der Waals surface area contributed by atoms with Gasteiger partial charge in [-0.25, -0.2) is 4.98 Å². The molecule has 1 aliphatic rings. The van der Waals surface area contributed by atoms with Gasteiger partial charge in [-0.15, -0.1) is 10.2 Å². The van der Waals surface area contributed by atoms with Gasteiger partial charge in [0.25, 0.3) is 0 Å². The summed E-state index contributed by atoms with van der Waals surface area (Å²) >= 11 is 0. The van der Waals surface area contributed by atoms with Gasteiger partial charge in [0, 0.05) is 12.1 Å².